The molecule has 0 radical (unpaired) electrons. The molecule has 1 aromatic heterocycles. The van der Waals surface area contributed by atoms with Crippen molar-refractivity contribution in [2.24, 2.45) is 0 Å². The maximum atomic E-state index is 12.5. The molecular formula is C17H12Cl3N3OS3. The van der Waals surface area contributed by atoms with Gasteiger partial charge in [0.05, 0.1) is 26.7 Å². The highest BCUT2D eigenvalue weighted by molar-refractivity contribution is 8.02. The summed E-state index contributed by atoms with van der Waals surface area (Å²) in [6.45, 7) is 1.77. The Bertz CT molecular complexity index is 1010. The SMILES string of the molecule is CC(Sc1nn(-c2ccccc2)c(=S)s1)C(=O)Nc1c(Cl)cc(Cl)cc1Cl. The van der Waals surface area contributed by atoms with Gasteiger partial charge < -0.3 is 5.32 Å². The summed E-state index contributed by atoms with van der Waals surface area (Å²) in [7, 11) is 0. The predicted molar refractivity (Wildman–Crippen MR) is 118 cm³/mol. The minimum atomic E-state index is -0.433. The maximum Gasteiger partial charge on any atom is 0.237 e. The Morgan fingerprint density at radius 3 is 2.48 bits per heavy atom. The van der Waals surface area contributed by atoms with E-state index in [9.17, 15) is 4.79 Å². The molecule has 4 nitrogen and oxygen atoms in total. The first-order chi connectivity index (χ1) is 12.8. The van der Waals surface area contributed by atoms with Crippen molar-refractivity contribution in [3.8, 4) is 5.69 Å². The van der Waals surface area contributed by atoms with Gasteiger partial charge in [0, 0.05) is 5.02 Å². The molecule has 1 heterocycles. The molecule has 3 rings (SSSR count). The molecule has 0 bridgehead atoms. The third kappa shape index (κ3) is 5.04. The first-order valence-electron chi connectivity index (χ1n) is 7.63. The fraction of sp³-hybridized carbons (Fsp3) is 0.118. The summed E-state index contributed by atoms with van der Waals surface area (Å²) in [5.41, 5.74) is 1.21. The monoisotopic (exact) mass is 475 g/mol. The van der Waals surface area contributed by atoms with E-state index in [4.69, 9.17) is 47.0 Å². The molecule has 2 aromatic carbocycles. The van der Waals surface area contributed by atoms with E-state index in [1.54, 1.807) is 11.6 Å². The Hall–Kier alpha value is -1.09. The van der Waals surface area contributed by atoms with Crippen LogP contribution in [0.5, 0.6) is 0 Å². The normalized spacial score (nSPS) is 12.0. The van der Waals surface area contributed by atoms with Crippen LogP contribution in [0.3, 0.4) is 0 Å². The molecule has 0 fully saturated rings. The van der Waals surface area contributed by atoms with Crippen molar-refractivity contribution in [3.63, 3.8) is 0 Å². The predicted octanol–water partition coefficient (Wildman–Crippen LogP) is 6.74. The third-order valence-corrected chi connectivity index (χ3v) is 6.66. The second-order valence-electron chi connectivity index (χ2n) is 5.37. The minimum absolute atomic E-state index is 0.251. The Labute approximate surface area is 184 Å². The van der Waals surface area contributed by atoms with E-state index in [0.29, 0.717) is 19.0 Å². The zero-order chi connectivity index (χ0) is 19.6. The van der Waals surface area contributed by atoms with Crippen LogP contribution in [0.15, 0.2) is 46.8 Å². The number of hydrogen-bond acceptors (Lipinski definition) is 5. The number of carbonyl (C=O) groups excluding carboxylic acids is 1. The second-order valence-corrected chi connectivity index (χ2v) is 9.84. The average Bonchev–Trinajstić information content (AvgIpc) is 2.98. The van der Waals surface area contributed by atoms with Crippen molar-refractivity contribution < 1.29 is 4.79 Å². The zero-order valence-electron chi connectivity index (χ0n) is 13.8. The molecule has 0 aliphatic rings. The molecule has 0 aliphatic heterocycles. The number of hydrogen-bond donors (Lipinski definition) is 1. The van der Waals surface area contributed by atoms with Gasteiger partial charge in [-0.15, -0.1) is 5.10 Å². The van der Waals surface area contributed by atoms with Gasteiger partial charge in [0.15, 0.2) is 8.29 Å². The molecule has 1 unspecified atom stereocenters. The van der Waals surface area contributed by atoms with Crippen molar-refractivity contribution in [2.45, 2.75) is 16.5 Å². The lowest BCUT2D eigenvalue weighted by molar-refractivity contribution is -0.115. The summed E-state index contributed by atoms with van der Waals surface area (Å²) in [5.74, 6) is -0.251. The second kappa shape index (κ2) is 8.94. The van der Waals surface area contributed by atoms with Gasteiger partial charge in [-0.2, -0.15) is 0 Å². The van der Waals surface area contributed by atoms with Crippen molar-refractivity contribution in [1.29, 1.82) is 0 Å². The van der Waals surface area contributed by atoms with Gasteiger partial charge in [-0.3, -0.25) is 4.79 Å². The summed E-state index contributed by atoms with van der Waals surface area (Å²) < 4.78 is 2.99. The first-order valence-corrected chi connectivity index (χ1v) is 10.9. The summed E-state index contributed by atoms with van der Waals surface area (Å²) in [6.07, 6.45) is 0. The third-order valence-electron chi connectivity index (χ3n) is 3.43. The lowest BCUT2D eigenvalue weighted by Gasteiger charge is -2.13. The number of para-hydroxylation sites is 1. The van der Waals surface area contributed by atoms with Crippen LogP contribution < -0.4 is 5.32 Å². The van der Waals surface area contributed by atoms with Crippen LogP contribution in [0.25, 0.3) is 5.69 Å². The quantitative estimate of drug-likeness (QED) is 0.327. The fourth-order valence-electron chi connectivity index (χ4n) is 2.13. The molecule has 0 spiro atoms. The molecule has 10 heteroatoms. The van der Waals surface area contributed by atoms with E-state index < -0.39 is 5.25 Å². The van der Waals surface area contributed by atoms with Gasteiger partial charge in [-0.05, 0) is 43.4 Å². The van der Waals surface area contributed by atoms with E-state index >= 15 is 0 Å². The standard InChI is InChI=1S/C17H12Cl3N3OS3/c1-9(15(24)21-14-12(19)7-10(18)8-13(14)20)26-16-22-23(17(25)27-16)11-5-3-2-4-6-11/h2-9H,1H3,(H,21,24). The highest BCUT2D eigenvalue weighted by atomic mass is 35.5. The first kappa shape index (κ1) is 20.6. The van der Waals surface area contributed by atoms with E-state index in [1.165, 1.54) is 35.2 Å². The minimum Gasteiger partial charge on any atom is -0.323 e. The van der Waals surface area contributed by atoms with Gasteiger partial charge in [0.25, 0.3) is 0 Å². The van der Waals surface area contributed by atoms with Gasteiger partial charge in [-0.25, -0.2) is 4.68 Å². The summed E-state index contributed by atoms with van der Waals surface area (Å²) in [6, 6.07) is 12.6. The smallest absolute Gasteiger partial charge is 0.237 e. The number of thioether (sulfide) groups is 1. The molecule has 27 heavy (non-hydrogen) atoms. The van der Waals surface area contributed by atoms with Gasteiger partial charge >= 0.3 is 0 Å². The van der Waals surface area contributed by atoms with Crippen molar-refractivity contribution in [1.82, 2.24) is 9.78 Å². The number of anilines is 1. The van der Waals surface area contributed by atoms with E-state index in [2.05, 4.69) is 10.4 Å². The molecular weight excluding hydrogens is 465 g/mol. The van der Waals surface area contributed by atoms with Gasteiger partial charge in [0.1, 0.15) is 0 Å². The zero-order valence-corrected chi connectivity index (χ0v) is 18.5. The Balaban J connectivity index is 1.73. The molecule has 0 aliphatic carbocycles. The fourth-order valence-corrected chi connectivity index (χ4v) is 5.55. The number of aromatic nitrogens is 2. The number of benzene rings is 2. The van der Waals surface area contributed by atoms with Crippen LogP contribution in [-0.2, 0) is 4.79 Å². The molecule has 140 valence electrons. The molecule has 1 atom stereocenters. The van der Waals surface area contributed by atoms with Crippen LogP contribution in [0, 0.1) is 3.95 Å². The Kier molecular flexibility index (Phi) is 6.83. The molecule has 0 saturated carbocycles. The topological polar surface area (TPSA) is 46.9 Å². The average molecular weight is 477 g/mol. The number of halogens is 3. The summed E-state index contributed by atoms with van der Waals surface area (Å²) in [4.78, 5) is 12.5. The van der Waals surface area contributed by atoms with Crippen LogP contribution >= 0.6 is 70.1 Å². The number of nitrogens with zero attached hydrogens (tertiary/aromatic N) is 2. The van der Waals surface area contributed by atoms with Crippen LogP contribution in [0.4, 0.5) is 5.69 Å². The van der Waals surface area contributed by atoms with E-state index in [-0.39, 0.29) is 16.0 Å². The summed E-state index contributed by atoms with van der Waals surface area (Å²) >= 11 is 26.2. The van der Waals surface area contributed by atoms with Crippen molar-refractivity contribution in [3.05, 3.63) is 61.5 Å². The van der Waals surface area contributed by atoms with Crippen LogP contribution in [0.2, 0.25) is 15.1 Å². The van der Waals surface area contributed by atoms with Gasteiger partial charge in [-0.1, -0.05) is 76.1 Å². The van der Waals surface area contributed by atoms with Gasteiger partial charge in [0.2, 0.25) is 5.91 Å². The number of rotatable bonds is 5. The lowest BCUT2D eigenvalue weighted by Crippen LogP contribution is -2.22. The highest BCUT2D eigenvalue weighted by Gasteiger charge is 2.20. The number of carbonyl (C=O) groups is 1. The largest absolute Gasteiger partial charge is 0.323 e. The highest BCUT2D eigenvalue weighted by Crippen LogP contribution is 2.35. The molecule has 1 amide bonds. The van der Waals surface area contributed by atoms with Crippen LogP contribution in [-0.4, -0.2) is 20.9 Å². The molecule has 1 N–H and O–H groups in total. The Morgan fingerprint density at radius 2 is 1.85 bits per heavy atom. The van der Waals surface area contributed by atoms with Crippen LogP contribution in [0.1, 0.15) is 6.92 Å². The maximum absolute atomic E-state index is 12.5. The molecule has 3 aromatic rings. The molecule has 0 saturated heterocycles. The van der Waals surface area contributed by atoms with Crippen molar-refractivity contribution >= 4 is 81.7 Å². The number of amides is 1. The number of nitrogens with one attached hydrogen (secondary N) is 1. The lowest BCUT2D eigenvalue weighted by atomic mass is 10.3. The summed E-state index contributed by atoms with van der Waals surface area (Å²) in [5, 5.41) is 7.77. The van der Waals surface area contributed by atoms with Crippen molar-refractivity contribution in [2.75, 3.05) is 5.32 Å². The van der Waals surface area contributed by atoms with E-state index in [0.717, 1.165) is 5.69 Å². The van der Waals surface area contributed by atoms with E-state index in [1.807, 2.05) is 30.3 Å². The Morgan fingerprint density at radius 1 is 1.22 bits per heavy atom.